The van der Waals surface area contributed by atoms with Gasteiger partial charge in [0.05, 0.1) is 30.2 Å². The first-order valence-corrected chi connectivity index (χ1v) is 17.0. The first-order chi connectivity index (χ1) is 23.6. The van der Waals surface area contributed by atoms with Crippen LogP contribution in [0.5, 0.6) is 11.5 Å². The lowest BCUT2D eigenvalue weighted by Gasteiger charge is -2.33. The van der Waals surface area contributed by atoms with Gasteiger partial charge in [0, 0.05) is 30.6 Å². The fourth-order valence-electron chi connectivity index (χ4n) is 6.38. The molecule has 1 aliphatic heterocycles. The highest BCUT2D eigenvalue weighted by atomic mass is 16.5. The predicted octanol–water partition coefficient (Wildman–Crippen LogP) is 5.87. The Bertz CT molecular complexity index is 1850. The van der Waals surface area contributed by atoms with Crippen molar-refractivity contribution < 1.29 is 19.4 Å². The van der Waals surface area contributed by atoms with Crippen LogP contribution in [0.2, 0.25) is 0 Å². The molecule has 258 valence electrons. The molecule has 2 amide bonds. The molecule has 2 aliphatic rings. The second kappa shape index (κ2) is 14.6. The van der Waals surface area contributed by atoms with Crippen LogP contribution in [0.15, 0.2) is 72.9 Å². The molecule has 6 rings (SSSR count). The molecule has 49 heavy (non-hydrogen) atoms. The van der Waals surface area contributed by atoms with Gasteiger partial charge in [-0.05, 0) is 67.5 Å². The third-order valence-corrected chi connectivity index (χ3v) is 8.97. The summed E-state index contributed by atoms with van der Waals surface area (Å²) in [5.74, 6) is 2.01. The number of fused-ring (bicyclic) bond motifs is 1. The van der Waals surface area contributed by atoms with Crippen LogP contribution in [0, 0.1) is 10.8 Å². The standard InChI is InChI=1S/C37H46N8O4/c1-37(2,3)32-23-34(45(42-32)25-10-9-11-26(22-25)48-21-20-46)41-36(47)40-30-15-16-31(29-13-6-5-12-28(29)30)49-27-14-17-33(38)44(24-27)35(39)43-18-7-4-8-19-43/h5-6,9-14,17,22-24,30-31,38-39,46H,4,7-8,15-16,18-21H2,1-3H3,(H2,40,41,47)/t30-,31+/m0/s1. The van der Waals surface area contributed by atoms with Gasteiger partial charge < -0.3 is 24.8 Å². The number of hydrogen-bond donors (Lipinski definition) is 5. The van der Waals surface area contributed by atoms with E-state index in [1.807, 2.05) is 59.5 Å². The third-order valence-electron chi connectivity index (χ3n) is 8.97. The number of urea groups is 1. The van der Waals surface area contributed by atoms with Crippen molar-refractivity contribution in [1.29, 1.82) is 10.8 Å². The highest BCUT2D eigenvalue weighted by Crippen LogP contribution is 2.39. The van der Waals surface area contributed by atoms with Gasteiger partial charge in [-0.15, -0.1) is 0 Å². The van der Waals surface area contributed by atoms with Crippen molar-refractivity contribution in [3.63, 3.8) is 0 Å². The van der Waals surface area contributed by atoms with E-state index in [4.69, 9.17) is 25.4 Å². The Morgan fingerprint density at radius 2 is 1.76 bits per heavy atom. The Morgan fingerprint density at radius 3 is 2.51 bits per heavy atom. The van der Waals surface area contributed by atoms with E-state index in [2.05, 4.69) is 31.4 Å². The van der Waals surface area contributed by atoms with Crippen LogP contribution in [0.4, 0.5) is 10.6 Å². The Hall–Kier alpha value is -5.10. The summed E-state index contributed by atoms with van der Waals surface area (Å²) < 4.78 is 15.4. The van der Waals surface area contributed by atoms with Crippen molar-refractivity contribution in [2.45, 2.75) is 70.4 Å². The number of carbonyl (C=O) groups is 1. The number of carbonyl (C=O) groups excluding carboxylic acids is 1. The highest BCUT2D eigenvalue weighted by molar-refractivity contribution is 5.89. The van der Waals surface area contributed by atoms with Crippen LogP contribution >= 0.6 is 0 Å². The van der Waals surface area contributed by atoms with Crippen molar-refractivity contribution in [1.82, 2.24) is 24.6 Å². The number of nitrogens with zero attached hydrogens (tertiary/aromatic N) is 4. The topological polar surface area (TPSA) is 154 Å². The van der Waals surface area contributed by atoms with Crippen LogP contribution < -0.4 is 25.6 Å². The highest BCUT2D eigenvalue weighted by Gasteiger charge is 2.30. The van der Waals surface area contributed by atoms with E-state index in [1.165, 1.54) is 6.42 Å². The molecule has 2 atom stereocenters. The molecule has 4 aromatic rings. The smallest absolute Gasteiger partial charge is 0.320 e. The number of aliphatic hydroxyl groups is 1. The lowest BCUT2D eigenvalue weighted by molar-refractivity contribution is 0.171. The summed E-state index contributed by atoms with van der Waals surface area (Å²) in [4.78, 5) is 15.6. The second-order valence-electron chi connectivity index (χ2n) is 13.6. The molecule has 1 fully saturated rings. The Labute approximate surface area is 286 Å². The van der Waals surface area contributed by atoms with Gasteiger partial charge in [0.15, 0.2) is 0 Å². The van der Waals surface area contributed by atoms with Crippen LogP contribution in [-0.2, 0) is 5.41 Å². The number of pyridine rings is 1. The largest absolute Gasteiger partial charge is 0.491 e. The van der Waals surface area contributed by atoms with Gasteiger partial charge in [0.2, 0.25) is 5.96 Å². The number of anilines is 1. The molecule has 1 saturated heterocycles. The number of amides is 2. The average Bonchev–Trinajstić information content (AvgIpc) is 3.54. The van der Waals surface area contributed by atoms with E-state index in [0.717, 1.165) is 48.4 Å². The zero-order valence-corrected chi connectivity index (χ0v) is 28.4. The van der Waals surface area contributed by atoms with Gasteiger partial charge in [-0.3, -0.25) is 20.7 Å². The quantitative estimate of drug-likeness (QED) is 0.117. The van der Waals surface area contributed by atoms with Gasteiger partial charge in [-0.1, -0.05) is 51.1 Å². The maximum absolute atomic E-state index is 13.6. The number of likely N-dealkylation sites (tertiary alicyclic amines) is 1. The molecule has 12 nitrogen and oxygen atoms in total. The molecule has 0 bridgehead atoms. The molecule has 12 heteroatoms. The number of benzene rings is 2. The average molecular weight is 667 g/mol. The van der Waals surface area contributed by atoms with E-state index < -0.39 is 0 Å². The number of ether oxygens (including phenoxy) is 2. The van der Waals surface area contributed by atoms with E-state index in [1.54, 1.807) is 27.6 Å². The third kappa shape index (κ3) is 7.80. The number of nitrogens with one attached hydrogen (secondary N) is 4. The van der Waals surface area contributed by atoms with Crippen LogP contribution in [0.1, 0.15) is 81.8 Å². The summed E-state index contributed by atoms with van der Waals surface area (Å²) in [6.45, 7) is 7.95. The molecule has 2 aromatic heterocycles. The monoisotopic (exact) mass is 666 g/mol. The minimum absolute atomic E-state index is 0.0894. The number of aromatic nitrogens is 3. The van der Waals surface area contributed by atoms with Crippen molar-refractivity contribution in [2.75, 3.05) is 31.6 Å². The zero-order valence-electron chi connectivity index (χ0n) is 28.4. The van der Waals surface area contributed by atoms with Gasteiger partial charge in [0.25, 0.3) is 0 Å². The summed E-state index contributed by atoms with van der Waals surface area (Å²) in [6.07, 6.45) is 6.09. The van der Waals surface area contributed by atoms with Gasteiger partial charge in [-0.25, -0.2) is 9.48 Å². The lowest BCUT2D eigenvalue weighted by Crippen LogP contribution is -2.42. The molecule has 0 unspecified atom stereocenters. The maximum atomic E-state index is 13.6. The summed E-state index contributed by atoms with van der Waals surface area (Å²) in [7, 11) is 0. The van der Waals surface area contributed by atoms with Crippen molar-refractivity contribution in [3.05, 3.63) is 95.2 Å². The fourth-order valence-corrected chi connectivity index (χ4v) is 6.38. The number of piperidine rings is 1. The van der Waals surface area contributed by atoms with Gasteiger partial charge >= 0.3 is 6.03 Å². The van der Waals surface area contributed by atoms with E-state index in [-0.39, 0.29) is 42.3 Å². The summed E-state index contributed by atoms with van der Waals surface area (Å²) in [5, 5.41) is 37.4. The number of rotatable bonds is 8. The SMILES string of the molecule is CC(C)(C)c1cc(NC(=O)N[C@H]2CC[C@@H](Oc3ccc(=N)n(C(=N)N4CCCCC4)c3)c3ccccc32)n(-c2cccc(OCCO)c2)n1. The maximum Gasteiger partial charge on any atom is 0.320 e. The Kier molecular flexibility index (Phi) is 10.0. The summed E-state index contributed by atoms with van der Waals surface area (Å²) in [6, 6.07) is 20.1. The van der Waals surface area contributed by atoms with Crippen LogP contribution in [0.25, 0.3) is 5.69 Å². The van der Waals surface area contributed by atoms with E-state index in [0.29, 0.717) is 36.1 Å². The second-order valence-corrected chi connectivity index (χ2v) is 13.6. The minimum Gasteiger partial charge on any atom is -0.491 e. The number of aliphatic hydroxyl groups excluding tert-OH is 1. The first kappa shape index (κ1) is 33.8. The first-order valence-electron chi connectivity index (χ1n) is 17.0. The molecule has 0 saturated carbocycles. The molecular weight excluding hydrogens is 620 g/mol. The molecule has 0 spiro atoms. The molecule has 2 aromatic carbocycles. The Balaban J connectivity index is 1.18. The minimum atomic E-state index is -0.350. The normalized spacial score (nSPS) is 17.6. The lowest BCUT2D eigenvalue weighted by atomic mass is 9.85. The van der Waals surface area contributed by atoms with E-state index >= 15 is 0 Å². The molecular formula is C37H46N8O4. The van der Waals surface area contributed by atoms with Gasteiger partial charge in [-0.2, -0.15) is 5.10 Å². The molecule has 5 N–H and O–H groups in total. The van der Waals surface area contributed by atoms with Gasteiger partial charge in [0.1, 0.15) is 35.5 Å². The fraction of sp³-hybridized carbons (Fsp3) is 0.405. The Morgan fingerprint density at radius 1 is 0.980 bits per heavy atom. The molecule has 3 heterocycles. The molecule has 0 radical (unpaired) electrons. The van der Waals surface area contributed by atoms with Crippen molar-refractivity contribution >= 4 is 17.8 Å². The number of hydrogen-bond acceptors (Lipinski definition) is 7. The van der Waals surface area contributed by atoms with Crippen LogP contribution in [0.3, 0.4) is 0 Å². The van der Waals surface area contributed by atoms with Crippen molar-refractivity contribution in [3.8, 4) is 17.2 Å². The predicted molar refractivity (Wildman–Crippen MR) is 188 cm³/mol. The summed E-state index contributed by atoms with van der Waals surface area (Å²) >= 11 is 0. The zero-order chi connectivity index (χ0) is 34.5. The van der Waals surface area contributed by atoms with Crippen molar-refractivity contribution in [2.24, 2.45) is 0 Å². The van der Waals surface area contributed by atoms with E-state index in [9.17, 15) is 9.90 Å². The van der Waals surface area contributed by atoms with Crippen LogP contribution in [-0.4, -0.2) is 62.6 Å². The summed E-state index contributed by atoms with van der Waals surface area (Å²) in [5.41, 5.74) is 3.49. The molecule has 1 aliphatic carbocycles.